The molecule has 1 saturated heterocycles. The normalized spacial score (nSPS) is 25.6. The molecule has 1 fully saturated rings. The van der Waals surface area contributed by atoms with Crippen LogP contribution in [0.25, 0.3) is 0 Å². The molecule has 0 aliphatic carbocycles. The second kappa shape index (κ2) is 7.68. The molecule has 2 aromatic heterocycles. The average Bonchev–Trinajstić information content (AvgIpc) is 3.01. The van der Waals surface area contributed by atoms with Crippen LogP contribution in [0.15, 0.2) is 18.5 Å². The van der Waals surface area contributed by atoms with Crippen molar-refractivity contribution in [2.75, 3.05) is 20.3 Å². The summed E-state index contributed by atoms with van der Waals surface area (Å²) in [6.07, 6.45) is 6.34. The number of aromatic nitrogens is 1. The van der Waals surface area contributed by atoms with E-state index < -0.39 is 0 Å². The maximum atomic E-state index is 9.71. The molecule has 7 heteroatoms. The number of fused-ring (bicyclic) bond motifs is 2. The zero-order valence-corrected chi connectivity index (χ0v) is 17.3. The Labute approximate surface area is 168 Å². The van der Waals surface area contributed by atoms with Gasteiger partial charge in [0.25, 0.3) is 0 Å². The molecule has 0 bridgehead atoms. The quantitative estimate of drug-likeness (QED) is 0.834. The fraction of sp³-hybridized carbons (Fsp3) is 0.550. The minimum absolute atomic E-state index is 0.00522. The molecule has 0 unspecified atom stereocenters. The van der Waals surface area contributed by atoms with Crippen LogP contribution in [0.4, 0.5) is 0 Å². The van der Waals surface area contributed by atoms with Crippen molar-refractivity contribution in [1.82, 2.24) is 9.88 Å². The molecule has 2 aliphatic rings. The van der Waals surface area contributed by atoms with Crippen LogP contribution in [0.3, 0.4) is 0 Å². The lowest BCUT2D eigenvalue weighted by molar-refractivity contribution is -0.110. The molecule has 1 N–H and O–H groups in total. The summed E-state index contributed by atoms with van der Waals surface area (Å²) in [4.78, 5) is 7.98. The molecular formula is C20H25ClN2O3S. The molecule has 0 amide bonds. The van der Waals surface area contributed by atoms with E-state index >= 15 is 0 Å². The molecule has 146 valence electrons. The molecule has 2 aliphatic heterocycles. The first-order valence-electron chi connectivity index (χ1n) is 9.33. The third-order valence-corrected chi connectivity index (χ3v) is 7.52. The number of likely N-dealkylation sites (tertiary alicyclic amines) is 1. The summed E-state index contributed by atoms with van der Waals surface area (Å²) in [5.74, 6) is 0.790. The maximum absolute atomic E-state index is 9.71. The van der Waals surface area contributed by atoms with E-state index in [1.54, 1.807) is 24.6 Å². The van der Waals surface area contributed by atoms with Crippen LogP contribution < -0.4 is 4.74 Å². The van der Waals surface area contributed by atoms with Crippen molar-refractivity contribution in [3.8, 4) is 5.75 Å². The predicted molar refractivity (Wildman–Crippen MR) is 106 cm³/mol. The van der Waals surface area contributed by atoms with E-state index in [1.807, 2.05) is 12.3 Å². The SMILES string of the molecule is COc1cncc(CN2CC[C@]3(C[C@@H]2C)OCCc2c3sc(Cl)c2CO)c1. The predicted octanol–water partition coefficient (Wildman–Crippen LogP) is 3.75. The number of hydrogen-bond acceptors (Lipinski definition) is 6. The van der Waals surface area contributed by atoms with Crippen molar-refractivity contribution in [1.29, 1.82) is 0 Å². The Morgan fingerprint density at radius 2 is 2.33 bits per heavy atom. The smallest absolute Gasteiger partial charge is 0.137 e. The number of rotatable bonds is 4. The first kappa shape index (κ1) is 19.2. The van der Waals surface area contributed by atoms with Crippen LogP contribution >= 0.6 is 22.9 Å². The van der Waals surface area contributed by atoms with Gasteiger partial charge in [0.15, 0.2) is 0 Å². The van der Waals surface area contributed by atoms with E-state index in [9.17, 15) is 5.11 Å². The standard InChI is InChI=1S/C20H25ClN2O3S/c1-13-8-20(18-16(3-6-26-20)17(12-24)19(21)27-18)4-5-23(13)11-14-7-15(25-2)10-22-9-14/h7,9-10,13,24H,3-6,8,11-12H2,1-2H3/t13-,20+/m0/s1. The van der Waals surface area contributed by atoms with Gasteiger partial charge in [-0.1, -0.05) is 11.6 Å². The molecule has 2 aromatic rings. The summed E-state index contributed by atoms with van der Waals surface area (Å²) in [5.41, 5.74) is 3.01. The number of halogens is 1. The van der Waals surface area contributed by atoms with Crippen molar-refractivity contribution in [2.24, 2.45) is 0 Å². The Morgan fingerprint density at radius 3 is 3.07 bits per heavy atom. The lowest BCUT2D eigenvalue weighted by atomic mass is 9.81. The molecule has 0 radical (unpaired) electrons. The molecule has 5 nitrogen and oxygen atoms in total. The fourth-order valence-corrected chi connectivity index (χ4v) is 6.07. The summed E-state index contributed by atoms with van der Waals surface area (Å²) >= 11 is 8.01. The van der Waals surface area contributed by atoms with Gasteiger partial charge in [-0.3, -0.25) is 9.88 Å². The topological polar surface area (TPSA) is 54.8 Å². The van der Waals surface area contributed by atoms with Gasteiger partial charge < -0.3 is 14.6 Å². The van der Waals surface area contributed by atoms with Gasteiger partial charge in [0, 0.05) is 35.8 Å². The van der Waals surface area contributed by atoms with Gasteiger partial charge in [-0.2, -0.15) is 0 Å². The van der Waals surface area contributed by atoms with Crippen molar-refractivity contribution >= 4 is 22.9 Å². The Morgan fingerprint density at radius 1 is 1.48 bits per heavy atom. The first-order chi connectivity index (χ1) is 13.1. The number of aliphatic hydroxyl groups is 1. The van der Waals surface area contributed by atoms with E-state index in [-0.39, 0.29) is 12.2 Å². The van der Waals surface area contributed by atoms with Crippen molar-refractivity contribution in [3.63, 3.8) is 0 Å². The maximum Gasteiger partial charge on any atom is 0.137 e. The molecule has 4 heterocycles. The molecule has 2 atom stereocenters. The summed E-state index contributed by atoms with van der Waals surface area (Å²) < 4.78 is 12.4. The number of piperidine rings is 1. The highest BCUT2D eigenvalue weighted by Gasteiger charge is 2.45. The van der Waals surface area contributed by atoms with Crippen molar-refractivity contribution in [3.05, 3.63) is 44.4 Å². The minimum atomic E-state index is -0.266. The summed E-state index contributed by atoms with van der Waals surface area (Å²) in [5, 5.41) is 9.71. The molecule has 4 rings (SSSR count). The third-order valence-electron chi connectivity index (χ3n) is 5.81. The number of hydrogen-bond donors (Lipinski definition) is 1. The van der Waals surface area contributed by atoms with Gasteiger partial charge in [-0.25, -0.2) is 0 Å². The summed E-state index contributed by atoms with van der Waals surface area (Å²) in [6.45, 7) is 4.75. The number of pyridine rings is 1. The monoisotopic (exact) mass is 408 g/mol. The van der Waals surface area contributed by atoms with Crippen molar-refractivity contribution < 1.29 is 14.6 Å². The van der Waals surface area contributed by atoms with E-state index in [0.717, 1.165) is 49.2 Å². The Balaban J connectivity index is 1.54. The number of methoxy groups -OCH3 is 1. The highest BCUT2D eigenvalue weighted by molar-refractivity contribution is 7.16. The van der Waals surface area contributed by atoms with Crippen LogP contribution in [-0.4, -0.2) is 41.3 Å². The van der Waals surface area contributed by atoms with Gasteiger partial charge in [0.05, 0.1) is 30.9 Å². The van der Waals surface area contributed by atoms with Crippen LogP contribution in [0, 0.1) is 0 Å². The lowest BCUT2D eigenvalue weighted by Crippen LogP contribution is -2.50. The van der Waals surface area contributed by atoms with Gasteiger partial charge >= 0.3 is 0 Å². The second-order valence-corrected chi connectivity index (χ2v) is 9.04. The highest BCUT2D eigenvalue weighted by Crippen LogP contribution is 2.49. The second-order valence-electron chi connectivity index (χ2n) is 7.42. The zero-order chi connectivity index (χ0) is 19.0. The van der Waals surface area contributed by atoms with Crippen LogP contribution in [0.2, 0.25) is 4.34 Å². The summed E-state index contributed by atoms with van der Waals surface area (Å²) in [7, 11) is 1.67. The van der Waals surface area contributed by atoms with Gasteiger partial charge in [0.1, 0.15) is 11.4 Å². The lowest BCUT2D eigenvalue weighted by Gasteiger charge is -2.47. The van der Waals surface area contributed by atoms with Crippen LogP contribution in [-0.2, 0) is 29.9 Å². The van der Waals surface area contributed by atoms with E-state index in [0.29, 0.717) is 17.0 Å². The third kappa shape index (κ3) is 3.49. The highest BCUT2D eigenvalue weighted by atomic mass is 35.5. The van der Waals surface area contributed by atoms with E-state index in [2.05, 4.69) is 16.8 Å². The van der Waals surface area contributed by atoms with Gasteiger partial charge in [-0.15, -0.1) is 11.3 Å². The molecular weight excluding hydrogens is 384 g/mol. The van der Waals surface area contributed by atoms with E-state index in [4.69, 9.17) is 21.1 Å². The van der Waals surface area contributed by atoms with Crippen LogP contribution in [0.1, 0.15) is 41.3 Å². The molecule has 0 aromatic carbocycles. The fourth-order valence-electron chi connectivity index (χ4n) is 4.39. The first-order valence-corrected chi connectivity index (χ1v) is 10.5. The number of nitrogens with zero attached hydrogens (tertiary/aromatic N) is 2. The minimum Gasteiger partial charge on any atom is -0.495 e. The van der Waals surface area contributed by atoms with E-state index in [1.165, 1.54) is 10.4 Å². The summed E-state index contributed by atoms with van der Waals surface area (Å²) in [6, 6.07) is 2.42. The average molecular weight is 409 g/mol. The Kier molecular flexibility index (Phi) is 5.45. The van der Waals surface area contributed by atoms with Crippen LogP contribution in [0.5, 0.6) is 5.75 Å². The number of thiophene rings is 1. The van der Waals surface area contributed by atoms with Crippen molar-refractivity contribution in [2.45, 2.75) is 51.0 Å². The molecule has 1 spiro atoms. The van der Waals surface area contributed by atoms with Gasteiger partial charge in [-0.05, 0) is 43.4 Å². The van der Waals surface area contributed by atoms with Gasteiger partial charge in [0.2, 0.25) is 0 Å². The molecule has 0 saturated carbocycles. The zero-order valence-electron chi connectivity index (χ0n) is 15.7. The largest absolute Gasteiger partial charge is 0.495 e. The number of ether oxygens (including phenoxy) is 2. The Hall–Kier alpha value is -1.18. The number of aliphatic hydroxyl groups excluding tert-OH is 1. The Bertz CT molecular complexity index is 828. The molecule has 27 heavy (non-hydrogen) atoms.